The average molecular weight is 391 g/mol. The van der Waals surface area contributed by atoms with Crippen LogP contribution in [0.2, 0.25) is 0 Å². The van der Waals surface area contributed by atoms with Gasteiger partial charge in [-0.25, -0.2) is 8.78 Å². The van der Waals surface area contributed by atoms with Crippen LogP contribution in [0.4, 0.5) is 14.5 Å². The van der Waals surface area contributed by atoms with E-state index in [1.807, 2.05) is 0 Å². The Balaban J connectivity index is 1.88. The molecule has 0 fully saturated rings. The monoisotopic (exact) mass is 391 g/mol. The molecule has 2 aromatic carbocycles. The third-order valence-electron chi connectivity index (χ3n) is 3.76. The summed E-state index contributed by atoms with van der Waals surface area (Å²) in [5.41, 5.74) is 0.576. The normalized spacial score (nSPS) is 15.7. The van der Waals surface area contributed by atoms with Crippen LogP contribution < -0.4 is 5.32 Å². The van der Waals surface area contributed by atoms with E-state index in [2.05, 4.69) is 9.71 Å². The van der Waals surface area contributed by atoms with Crippen LogP contribution in [0.3, 0.4) is 0 Å². The van der Waals surface area contributed by atoms with E-state index in [-0.39, 0.29) is 23.5 Å². The number of hydrogen-bond donors (Lipinski definition) is 1. The molecule has 0 saturated heterocycles. The van der Waals surface area contributed by atoms with Crippen molar-refractivity contribution in [2.24, 2.45) is 4.40 Å². The summed E-state index contributed by atoms with van der Waals surface area (Å²) in [6.45, 7) is 1.36. The molecule has 1 heterocycles. The first-order chi connectivity index (χ1) is 12.7. The number of nitrogens with zero attached hydrogens (tertiary/aromatic N) is 2. The minimum atomic E-state index is -3.98. The van der Waals surface area contributed by atoms with Gasteiger partial charge in [0.1, 0.15) is 11.6 Å². The topological polar surface area (TPSA) is 78.8 Å². The molecule has 27 heavy (non-hydrogen) atoms. The van der Waals surface area contributed by atoms with E-state index < -0.39 is 27.8 Å². The summed E-state index contributed by atoms with van der Waals surface area (Å²) in [6, 6.07) is 11.4. The standard InChI is InChI=1S/C18H15F2N3O3S/c1-12-17(18(24)21-16-8-14(19)7-15(20)9-16)11-23(27(25,26)22-12)10-13-5-3-2-4-6-13/h2-9,11H,10H2,1H3,(H,21,24). The van der Waals surface area contributed by atoms with E-state index in [4.69, 9.17) is 0 Å². The van der Waals surface area contributed by atoms with Crippen molar-refractivity contribution in [3.05, 3.63) is 77.5 Å². The molecule has 0 saturated carbocycles. The van der Waals surface area contributed by atoms with Gasteiger partial charge < -0.3 is 5.32 Å². The predicted molar refractivity (Wildman–Crippen MR) is 97.1 cm³/mol. The van der Waals surface area contributed by atoms with Gasteiger partial charge in [0.25, 0.3) is 5.91 Å². The summed E-state index contributed by atoms with van der Waals surface area (Å²) in [6.07, 6.45) is 1.16. The van der Waals surface area contributed by atoms with Gasteiger partial charge in [-0.3, -0.25) is 9.10 Å². The molecule has 1 N–H and O–H groups in total. The Hall–Kier alpha value is -3.07. The molecule has 140 valence electrons. The van der Waals surface area contributed by atoms with Gasteiger partial charge in [0.2, 0.25) is 0 Å². The number of rotatable bonds is 4. The van der Waals surface area contributed by atoms with Gasteiger partial charge in [-0.15, -0.1) is 4.40 Å². The maximum atomic E-state index is 13.3. The second-order valence-electron chi connectivity index (χ2n) is 5.84. The molecule has 0 aromatic heterocycles. The Bertz CT molecular complexity index is 1030. The van der Waals surface area contributed by atoms with Crippen molar-refractivity contribution in [2.75, 3.05) is 5.32 Å². The van der Waals surface area contributed by atoms with Gasteiger partial charge in [0.15, 0.2) is 0 Å². The maximum Gasteiger partial charge on any atom is 0.344 e. The third-order valence-corrected chi connectivity index (χ3v) is 5.09. The van der Waals surface area contributed by atoms with Crippen molar-refractivity contribution in [2.45, 2.75) is 13.5 Å². The van der Waals surface area contributed by atoms with E-state index in [9.17, 15) is 22.0 Å². The zero-order valence-corrected chi connectivity index (χ0v) is 15.0. The lowest BCUT2D eigenvalue weighted by Crippen LogP contribution is -2.32. The quantitative estimate of drug-likeness (QED) is 0.870. The zero-order valence-electron chi connectivity index (χ0n) is 14.2. The van der Waals surface area contributed by atoms with Crippen LogP contribution in [0.1, 0.15) is 12.5 Å². The predicted octanol–water partition coefficient (Wildman–Crippen LogP) is 3.01. The van der Waals surface area contributed by atoms with Crippen molar-refractivity contribution in [1.29, 1.82) is 0 Å². The third kappa shape index (κ3) is 4.37. The van der Waals surface area contributed by atoms with Crippen LogP contribution in [-0.4, -0.2) is 24.3 Å². The molecular formula is C18H15F2N3O3S. The highest BCUT2D eigenvalue weighted by Crippen LogP contribution is 2.21. The minimum absolute atomic E-state index is 0.00860. The fourth-order valence-corrected chi connectivity index (χ4v) is 3.62. The molecule has 9 heteroatoms. The van der Waals surface area contributed by atoms with Crippen molar-refractivity contribution < 1.29 is 22.0 Å². The molecule has 1 aliphatic rings. The lowest BCUT2D eigenvalue weighted by Gasteiger charge is -2.23. The number of nitrogens with one attached hydrogen (secondary N) is 1. The molecule has 2 aromatic rings. The molecule has 0 aliphatic carbocycles. The van der Waals surface area contributed by atoms with Gasteiger partial charge in [-0.2, -0.15) is 8.42 Å². The van der Waals surface area contributed by atoms with Crippen LogP contribution in [-0.2, 0) is 21.5 Å². The highest BCUT2D eigenvalue weighted by molar-refractivity contribution is 7.88. The Labute approximate surface area is 155 Å². The van der Waals surface area contributed by atoms with Gasteiger partial charge in [-0.05, 0) is 24.6 Å². The molecule has 1 amide bonds. The highest BCUT2D eigenvalue weighted by atomic mass is 32.2. The first kappa shape index (κ1) is 18.7. The van der Waals surface area contributed by atoms with Crippen LogP contribution in [0.15, 0.2) is 64.7 Å². The fourth-order valence-electron chi connectivity index (χ4n) is 2.52. The van der Waals surface area contributed by atoms with Crippen molar-refractivity contribution >= 4 is 27.5 Å². The lowest BCUT2D eigenvalue weighted by atomic mass is 10.1. The highest BCUT2D eigenvalue weighted by Gasteiger charge is 2.28. The van der Waals surface area contributed by atoms with Crippen LogP contribution in [0.25, 0.3) is 0 Å². The van der Waals surface area contributed by atoms with Crippen LogP contribution in [0, 0.1) is 11.6 Å². The Morgan fingerprint density at radius 2 is 1.74 bits per heavy atom. The minimum Gasteiger partial charge on any atom is -0.322 e. The molecule has 0 spiro atoms. The maximum absolute atomic E-state index is 13.3. The fraction of sp³-hybridized carbons (Fsp3) is 0.111. The molecule has 0 radical (unpaired) electrons. The molecule has 0 bridgehead atoms. The summed E-state index contributed by atoms with van der Waals surface area (Å²) < 4.78 is 55.7. The lowest BCUT2D eigenvalue weighted by molar-refractivity contribution is -0.112. The summed E-state index contributed by atoms with van der Waals surface area (Å²) >= 11 is 0. The molecule has 6 nitrogen and oxygen atoms in total. The van der Waals surface area contributed by atoms with Crippen LogP contribution >= 0.6 is 0 Å². The van der Waals surface area contributed by atoms with Gasteiger partial charge in [0, 0.05) is 18.0 Å². The number of halogens is 2. The Kier molecular flexibility index (Phi) is 5.04. The first-order valence-corrected chi connectivity index (χ1v) is 9.26. The van der Waals surface area contributed by atoms with E-state index in [0.717, 1.165) is 22.6 Å². The second kappa shape index (κ2) is 7.28. The van der Waals surface area contributed by atoms with Gasteiger partial charge in [0.05, 0.1) is 17.8 Å². The van der Waals surface area contributed by atoms with E-state index in [1.54, 1.807) is 30.3 Å². The Morgan fingerprint density at radius 3 is 2.37 bits per heavy atom. The molecule has 1 aliphatic heterocycles. The number of anilines is 1. The second-order valence-corrected chi connectivity index (χ2v) is 7.39. The molecule has 0 unspecified atom stereocenters. The van der Waals surface area contributed by atoms with Gasteiger partial charge in [-0.1, -0.05) is 30.3 Å². The largest absolute Gasteiger partial charge is 0.344 e. The number of hydrogen-bond acceptors (Lipinski definition) is 3. The molecular weight excluding hydrogens is 376 g/mol. The van der Waals surface area contributed by atoms with E-state index in [1.165, 1.54) is 6.92 Å². The average Bonchev–Trinajstić information content (AvgIpc) is 2.56. The summed E-state index contributed by atoms with van der Waals surface area (Å²) in [4.78, 5) is 12.5. The van der Waals surface area contributed by atoms with Crippen LogP contribution in [0.5, 0.6) is 0 Å². The van der Waals surface area contributed by atoms with Crippen molar-refractivity contribution in [3.8, 4) is 0 Å². The van der Waals surface area contributed by atoms with E-state index in [0.29, 0.717) is 11.6 Å². The number of benzene rings is 2. The van der Waals surface area contributed by atoms with E-state index >= 15 is 0 Å². The SMILES string of the molecule is CC1=NS(=O)(=O)N(Cc2ccccc2)C=C1C(=O)Nc1cc(F)cc(F)c1. The summed E-state index contributed by atoms with van der Waals surface area (Å²) in [5, 5.41) is 2.35. The van der Waals surface area contributed by atoms with Crippen molar-refractivity contribution in [3.63, 3.8) is 0 Å². The zero-order chi connectivity index (χ0) is 19.6. The number of amides is 1. The van der Waals surface area contributed by atoms with Gasteiger partial charge >= 0.3 is 10.2 Å². The molecule has 3 rings (SSSR count). The summed E-state index contributed by atoms with van der Waals surface area (Å²) in [7, 11) is -3.98. The smallest absolute Gasteiger partial charge is 0.322 e. The number of carbonyl (C=O) groups excluding carboxylic acids is 1. The van der Waals surface area contributed by atoms with Crippen molar-refractivity contribution in [1.82, 2.24) is 4.31 Å². The number of carbonyl (C=O) groups is 1. The molecule has 0 atom stereocenters. The first-order valence-electron chi connectivity index (χ1n) is 7.86. The Morgan fingerprint density at radius 1 is 1.11 bits per heavy atom. The summed E-state index contributed by atoms with van der Waals surface area (Å²) in [5.74, 6) is -2.42.